The molecule has 3 rings (SSSR count). The van der Waals surface area contributed by atoms with Crippen molar-refractivity contribution in [1.29, 1.82) is 0 Å². The summed E-state index contributed by atoms with van der Waals surface area (Å²) in [5.41, 5.74) is 2.97. The molecule has 1 aromatic rings. The van der Waals surface area contributed by atoms with Crippen LogP contribution in [0.25, 0.3) is 0 Å². The first-order valence-electron chi connectivity index (χ1n) is 11.3. The van der Waals surface area contributed by atoms with E-state index in [-0.39, 0.29) is 24.6 Å². The topological polar surface area (TPSA) is 82.2 Å². The molecule has 0 unspecified atom stereocenters. The smallest absolute Gasteiger partial charge is 0.338 e. The fraction of sp³-hybridized carbons (Fsp3) is 0.542. The molecule has 2 aliphatic heterocycles. The van der Waals surface area contributed by atoms with Gasteiger partial charge in [-0.1, -0.05) is 31.2 Å². The highest BCUT2D eigenvalue weighted by Gasteiger charge is 2.38. The van der Waals surface area contributed by atoms with E-state index in [0.717, 1.165) is 11.1 Å². The number of nitrogens with zero attached hydrogens (tertiary/aromatic N) is 3. The molecular weight excluding hydrogens is 408 g/mol. The Kier molecular flexibility index (Phi) is 7.56. The molecule has 1 aromatic carbocycles. The number of likely N-dealkylation sites (N-methyl/N-ethyl adjacent to an activating group) is 1. The van der Waals surface area contributed by atoms with Crippen molar-refractivity contribution in [2.24, 2.45) is 0 Å². The quantitative estimate of drug-likeness (QED) is 0.685. The zero-order chi connectivity index (χ0) is 23.4. The number of benzene rings is 1. The van der Waals surface area contributed by atoms with Crippen molar-refractivity contribution >= 4 is 17.9 Å². The molecule has 1 saturated heterocycles. The van der Waals surface area contributed by atoms with Crippen molar-refractivity contribution in [3.63, 3.8) is 0 Å². The molecular formula is C24H34N4O4. The molecule has 1 fully saturated rings. The number of amides is 3. The van der Waals surface area contributed by atoms with Crippen molar-refractivity contribution in [2.45, 2.75) is 46.2 Å². The van der Waals surface area contributed by atoms with E-state index in [9.17, 15) is 14.4 Å². The zero-order valence-electron chi connectivity index (χ0n) is 19.7. The van der Waals surface area contributed by atoms with Crippen LogP contribution in [0.5, 0.6) is 0 Å². The van der Waals surface area contributed by atoms with E-state index in [1.54, 1.807) is 14.0 Å². The summed E-state index contributed by atoms with van der Waals surface area (Å²) in [6, 6.07) is 6.97. The lowest BCUT2D eigenvalue weighted by atomic mass is 9.91. The van der Waals surface area contributed by atoms with E-state index in [1.165, 1.54) is 4.90 Å². The number of carbonyl (C=O) groups is 3. The van der Waals surface area contributed by atoms with Gasteiger partial charge in [-0.25, -0.2) is 9.59 Å². The Morgan fingerprint density at radius 3 is 2.53 bits per heavy atom. The molecule has 8 heteroatoms. The first-order valence-corrected chi connectivity index (χ1v) is 11.3. The molecule has 2 aliphatic rings. The van der Waals surface area contributed by atoms with Crippen molar-refractivity contribution in [3.8, 4) is 0 Å². The number of nitrogens with one attached hydrogen (secondary N) is 1. The van der Waals surface area contributed by atoms with Gasteiger partial charge >= 0.3 is 12.0 Å². The van der Waals surface area contributed by atoms with Gasteiger partial charge in [-0.05, 0) is 31.9 Å². The minimum atomic E-state index is -0.575. The van der Waals surface area contributed by atoms with Crippen LogP contribution in [0, 0.1) is 6.92 Å². The first-order chi connectivity index (χ1) is 15.3. The normalized spacial score (nSPS) is 22.1. The molecule has 0 aliphatic carbocycles. The van der Waals surface area contributed by atoms with E-state index in [1.807, 2.05) is 49.9 Å². The number of urea groups is 1. The monoisotopic (exact) mass is 442 g/mol. The highest BCUT2D eigenvalue weighted by atomic mass is 16.5. The Morgan fingerprint density at radius 1 is 1.19 bits per heavy atom. The summed E-state index contributed by atoms with van der Waals surface area (Å²) in [5, 5.41) is 2.98. The largest absolute Gasteiger partial charge is 0.463 e. The summed E-state index contributed by atoms with van der Waals surface area (Å²) in [5.74, 6) is -0.271. The molecule has 3 amide bonds. The van der Waals surface area contributed by atoms with Crippen LogP contribution in [0.2, 0.25) is 0 Å². The maximum atomic E-state index is 13.1. The van der Waals surface area contributed by atoms with Gasteiger partial charge in [0.05, 0.1) is 18.2 Å². The van der Waals surface area contributed by atoms with Crippen LogP contribution in [0.15, 0.2) is 35.5 Å². The Bertz CT molecular complexity index is 913. The maximum absolute atomic E-state index is 13.1. The van der Waals surface area contributed by atoms with Crippen LogP contribution < -0.4 is 5.32 Å². The standard InChI is InChI=1S/C24H34N4O4/c1-6-20(29)28-13-12-27(14-17(28)4)15-19-21(23(30)32-7-2)22(25-24(31)26(19)5)18-11-9-8-10-16(18)3/h8-11,17,22H,6-7,12-15H2,1-5H3,(H,25,31)/t17-,22+/m0/s1. The third-order valence-electron chi connectivity index (χ3n) is 6.28. The van der Waals surface area contributed by atoms with Gasteiger partial charge < -0.3 is 15.0 Å². The van der Waals surface area contributed by atoms with Gasteiger partial charge in [0.25, 0.3) is 0 Å². The molecule has 8 nitrogen and oxygen atoms in total. The summed E-state index contributed by atoms with van der Waals surface area (Å²) in [4.78, 5) is 43.8. The fourth-order valence-corrected chi connectivity index (χ4v) is 4.50. The summed E-state index contributed by atoms with van der Waals surface area (Å²) in [6.45, 7) is 10.3. The van der Waals surface area contributed by atoms with Crippen molar-refractivity contribution in [1.82, 2.24) is 20.0 Å². The van der Waals surface area contributed by atoms with Crippen LogP contribution in [0.3, 0.4) is 0 Å². The SMILES string of the molecule is CCOC(=O)C1=C(CN2CCN(C(=O)CC)[C@@H](C)C2)N(C)C(=O)N[C@@H]1c1ccccc1C. The van der Waals surface area contributed by atoms with Gasteiger partial charge in [0, 0.05) is 51.4 Å². The molecule has 1 N–H and O–H groups in total. The third-order valence-corrected chi connectivity index (χ3v) is 6.28. The summed E-state index contributed by atoms with van der Waals surface area (Å²) in [6.07, 6.45) is 0.490. The van der Waals surface area contributed by atoms with Gasteiger partial charge in [0.15, 0.2) is 0 Å². The Labute approximate surface area is 190 Å². The number of hydrogen-bond donors (Lipinski definition) is 1. The molecule has 2 atom stereocenters. The molecule has 32 heavy (non-hydrogen) atoms. The van der Waals surface area contributed by atoms with Crippen LogP contribution in [0.1, 0.15) is 44.4 Å². The number of ether oxygens (including phenoxy) is 1. The second kappa shape index (κ2) is 10.2. The van der Waals surface area contributed by atoms with E-state index >= 15 is 0 Å². The van der Waals surface area contributed by atoms with E-state index in [4.69, 9.17) is 4.74 Å². The summed E-state index contributed by atoms with van der Waals surface area (Å²) < 4.78 is 5.41. The zero-order valence-corrected chi connectivity index (χ0v) is 19.7. The average molecular weight is 443 g/mol. The van der Waals surface area contributed by atoms with Gasteiger partial charge in [-0.2, -0.15) is 0 Å². The number of esters is 1. The van der Waals surface area contributed by atoms with Crippen molar-refractivity contribution < 1.29 is 19.1 Å². The van der Waals surface area contributed by atoms with Gasteiger partial charge in [0.1, 0.15) is 0 Å². The maximum Gasteiger partial charge on any atom is 0.338 e. The lowest BCUT2D eigenvalue weighted by molar-refractivity contribution is -0.139. The fourth-order valence-electron chi connectivity index (χ4n) is 4.50. The van der Waals surface area contributed by atoms with Crippen molar-refractivity contribution in [2.75, 3.05) is 39.8 Å². The summed E-state index contributed by atoms with van der Waals surface area (Å²) in [7, 11) is 1.68. The summed E-state index contributed by atoms with van der Waals surface area (Å²) >= 11 is 0. The van der Waals surface area contributed by atoms with Crippen LogP contribution in [0.4, 0.5) is 4.79 Å². The Morgan fingerprint density at radius 2 is 1.91 bits per heavy atom. The van der Waals surface area contributed by atoms with Crippen LogP contribution >= 0.6 is 0 Å². The predicted molar refractivity (Wildman–Crippen MR) is 122 cm³/mol. The van der Waals surface area contributed by atoms with Gasteiger partial charge in [-0.15, -0.1) is 0 Å². The predicted octanol–water partition coefficient (Wildman–Crippen LogP) is 2.45. The van der Waals surface area contributed by atoms with Crippen molar-refractivity contribution in [3.05, 3.63) is 46.7 Å². The first kappa shape index (κ1) is 23.8. The second-order valence-corrected chi connectivity index (χ2v) is 8.40. The van der Waals surface area contributed by atoms with E-state index < -0.39 is 12.0 Å². The van der Waals surface area contributed by atoms with E-state index in [2.05, 4.69) is 10.2 Å². The molecule has 0 radical (unpaired) electrons. The third kappa shape index (κ3) is 4.80. The van der Waals surface area contributed by atoms with E-state index in [0.29, 0.717) is 43.9 Å². The lowest BCUT2D eigenvalue weighted by Gasteiger charge is -2.42. The highest BCUT2D eigenvalue weighted by Crippen LogP contribution is 2.33. The number of rotatable bonds is 6. The minimum absolute atomic E-state index is 0.0673. The molecule has 0 aromatic heterocycles. The number of aryl methyl sites for hydroxylation is 1. The Hall–Kier alpha value is -2.87. The van der Waals surface area contributed by atoms with Crippen LogP contribution in [-0.4, -0.2) is 78.5 Å². The molecule has 2 heterocycles. The average Bonchev–Trinajstić information content (AvgIpc) is 2.77. The number of piperazine rings is 1. The molecule has 0 bridgehead atoms. The Balaban J connectivity index is 1.97. The number of hydrogen-bond acceptors (Lipinski definition) is 5. The highest BCUT2D eigenvalue weighted by molar-refractivity contribution is 5.95. The van der Waals surface area contributed by atoms with Gasteiger partial charge in [0.2, 0.25) is 5.91 Å². The number of carbonyl (C=O) groups excluding carboxylic acids is 3. The lowest BCUT2D eigenvalue weighted by Crippen LogP contribution is -2.56. The van der Waals surface area contributed by atoms with Gasteiger partial charge in [-0.3, -0.25) is 14.6 Å². The molecule has 0 spiro atoms. The molecule has 0 saturated carbocycles. The molecule has 174 valence electrons. The van der Waals surface area contributed by atoms with Crippen LogP contribution in [-0.2, 0) is 14.3 Å². The second-order valence-electron chi connectivity index (χ2n) is 8.40. The minimum Gasteiger partial charge on any atom is -0.463 e.